The van der Waals surface area contributed by atoms with E-state index in [1.807, 2.05) is 0 Å². The summed E-state index contributed by atoms with van der Waals surface area (Å²) in [6, 6.07) is 0. The summed E-state index contributed by atoms with van der Waals surface area (Å²) in [7, 11) is 0. The standard InChI is InChI=1S/C15H30O6/c1-2-3-4-5-6-7-8-9-20-14-13(18)12(17)11(10-16)21-15(14)19/h11-19H,2-10H2,1H3/t11-,12-,13+,14-,15+/m1/s1. The highest BCUT2D eigenvalue weighted by Gasteiger charge is 2.44. The van der Waals surface area contributed by atoms with Crippen molar-refractivity contribution in [2.24, 2.45) is 0 Å². The van der Waals surface area contributed by atoms with Crippen LogP contribution in [0.3, 0.4) is 0 Å². The van der Waals surface area contributed by atoms with E-state index in [9.17, 15) is 15.3 Å². The Labute approximate surface area is 126 Å². The number of rotatable bonds is 10. The van der Waals surface area contributed by atoms with Crippen molar-refractivity contribution in [3.05, 3.63) is 0 Å². The summed E-state index contributed by atoms with van der Waals surface area (Å²) < 4.78 is 10.5. The quantitative estimate of drug-likeness (QED) is 0.440. The van der Waals surface area contributed by atoms with E-state index >= 15 is 0 Å². The van der Waals surface area contributed by atoms with E-state index in [2.05, 4.69) is 6.92 Å². The van der Waals surface area contributed by atoms with Crippen molar-refractivity contribution < 1.29 is 29.9 Å². The molecule has 5 atom stereocenters. The molecule has 0 aliphatic carbocycles. The zero-order chi connectivity index (χ0) is 15.7. The third-order valence-corrected chi connectivity index (χ3v) is 3.90. The van der Waals surface area contributed by atoms with Gasteiger partial charge in [-0.2, -0.15) is 0 Å². The van der Waals surface area contributed by atoms with Gasteiger partial charge in [-0.25, -0.2) is 0 Å². The predicted octanol–water partition coefficient (Wildman–Crippen LogP) is 0.553. The van der Waals surface area contributed by atoms with Gasteiger partial charge in [-0.1, -0.05) is 45.4 Å². The molecule has 1 rings (SSSR count). The molecule has 0 saturated carbocycles. The average Bonchev–Trinajstić information content (AvgIpc) is 2.48. The molecule has 1 aliphatic rings. The lowest BCUT2D eigenvalue weighted by Gasteiger charge is -2.39. The van der Waals surface area contributed by atoms with Crippen molar-refractivity contribution in [3.8, 4) is 0 Å². The van der Waals surface area contributed by atoms with Gasteiger partial charge in [0.1, 0.15) is 24.4 Å². The smallest absolute Gasteiger partial charge is 0.184 e. The first kappa shape index (κ1) is 18.8. The Morgan fingerprint density at radius 1 is 0.905 bits per heavy atom. The highest BCUT2D eigenvalue weighted by molar-refractivity contribution is 4.89. The maximum absolute atomic E-state index is 9.88. The molecular weight excluding hydrogens is 276 g/mol. The van der Waals surface area contributed by atoms with Crippen LogP contribution < -0.4 is 0 Å². The summed E-state index contributed by atoms with van der Waals surface area (Å²) in [5.41, 5.74) is 0. The summed E-state index contributed by atoms with van der Waals surface area (Å²) in [5.74, 6) is 0. The highest BCUT2D eigenvalue weighted by atomic mass is 16.7. The Kier molecular flexibility index (Phi) is 9.39. The van der Waals surface area contributed by atoms with Crippen molar-refractivity contribution in [2.75, 3.05) is 13.2 Å². The summed E-state index contributed by atoms with van der Waals surface area (Å²) >= 11 is 0. The van der Waals surface area contributed by atoms with Crippen LogP contribution in [0.4, 0.5) is 0 Å². The molecule has 1 fully saturated rings. The van der Waals surface area contributed by atoms with Gasteiger partial charge in [-0.15, -0.1) is 0 Å². The molecule has 0 aromatic carbocycles. The van der Waals surface area contributed by atoms with Gasteiger partial charge in [-0.05, 0) is 6.42 Å². The Morgan fingerprint density at radius 2 is 1.52 bits per heavy atom. The minimum Gasteiger partial charge on any atom is -0.394 e. The molecule has 1 saturated heterocycles. The van der Waals surface area contributed by atoms with Crippen LogP contribution in [0, 0.1) is 0 Å². The van der Waals surface area contributed by atoms with E-state index in [-0.39, 0.29) is 0 Å². The average molecular weight is 306 g/mol. The molecule has 0 unspecified atom stereocenters. The van der Waals surface area contributed by atoms with Gasteiger partial charge in [0.05, 0.1) is 6.61 Å². The summed E-state index contributed by atoms with van der Waals surface area (Å²) in [4.78, 5) is 0. The molecule has 6 nitrogen and oxygen atoms in total. The van der Waals surface area contributed by atoms with Crippen molar-refractivity contribution >= 4 is 0 Å². The first-order valence-electron chi connectivity index (χ1n) is 8.04. The minimum absolute atomic E-state index is 0.409. The Hall–Kier alpha value is -0.240. The van der Waals surface area contributed by atoms with E-state index in [4.69, 9.17) is 14.6 Å². The van der Waals surface area contributed by atoms with Crippen molar-refractivity contribution in [1.29, 1.82) is 0 Å². The Bertz CT molecular complexity index is 263. The fourth-order valence-corrected chi connectivity index (χ4v) is 2.53. The molecule has 0 aromatic rings. The number of unbranched alkanes of at least 4 members (excludes halogenated alkanes) is 6. The zero-order valence-electron chi connectivity index (χ0n) is 12.9. The lowest BCUT2D eigenvalue weighted by atomic mass is 9.99. The van der Waals surface area contributed by atoms with E-state index in [0.29, 0.717) is 6.61 Å². The Balaban J connectivity index is 2.16. The molecule has 1 heterocycles. The van der Waals surface area contributed by atoms with Gasteiger partial charge >= 0.3 is 0 Å². The van der Waals surface area contributed by atoms with Crippen molar-refractivity contribution in [3.63, 3.8) is 0 Å². The van der Waals surface area contributed by atoms with Gasteiger partial charge in [0, 0.05) is 6.61 Å². The van der Waals surface area contributed by atoms with Crippen molar-refractivity contribution in [1.82, 2.24) is 0 Å². The second-order valence-corrected chi connectivity index (χ2v) is 5.69. The van der Waals surface area contributed by atoms with Crippen LogP contribution in [0.5, 0.6) is 0 Å². The highest BCUT2D eigenvalue weighted by Crippen LogP contribution is 2.22. The van der Waals surface area contributed by atoms with Gasteiger partial charge in [0.15, 0.2) is 6.29 Å². The summed E-state index contributed by atoms with van der Waals surface area (Å²) in [6.45, 7) is 2.14. The number of aliphatic hydroxyl groups is 4. The van der Waals surface area contributed by atoms with Gasteiger partial charge < -0.3 is 29.9 Å². The summed E-state index contributed by atoms with van der Waals surface area (Å²) in [5, 5.41) is 38.3. The van der Waals surface area contributed by atoms with Crippen LogP contribution in [0.25, 0.3) is 0 Å². The molecule has 6 heteroatoms. The summed E-state index contributed by atoms with van der Waals surface area (Å²) in [6.07, 6.45) is 2.27. The first-order chi connectivity index (χ1) is 10.1. The molecule has 126 valence electrons. The number of ether oxygens (including phenoxy) is 2. The topological polar surface area (TPSA) is 99.4 Å². The maximum Gasteiger partial charge on any atom is 0.184 e. The second-order valence-electron chi connectivity index (χ2n) is 5.69. The van der Waals surface area contributed by atoms with E-state index in [1.165, 1.54) is 25.7 Å². The number of aliphatic hydroxyl groups excluding tert-OH is 4. The molecule has 0 bridgehead atoms. The monoisotopic (exact) mass is 306 g/mol. The van der Waals surface area contributed by atoms with E-state index in [1.54, 1.807) is 0 Å². The maximum atomic E-state index is 9.88. The van der Waals surface area contributed by atoms with Gasteiger partial charge in [0.25, 0.3) is 0 Å². The Morgan fingerprint density at radius 3 is 2.14 bits per heavy atom. The van der Waals surface area contributed by atoms with Crippen LogP contribution in [-0.2, 0) is 9.47 Å². The molecule has 0 spiro atoms. The minimum atomic E-state index is -1.33. The third kappa shape index (κ3) is 6.18. The second kappa shape index (κ2) is 10.5. The molecule has 1 aliphatic heterocycles. The van der Waals surface area contributed by atoms with Crippen LogP contribution in [-0.4, -0.2) is 64.3 Å². The van der Waals surface area contributed by atoms with Gasteiger partial charge in [0.2, 0.25) is 0 Å². The van der Waals surface area contributed by atoms with Crippen LogP contribution >= 0.6 is 0 Å². The fourth-order valence-electron chi connectivity index (χ4n) is 2.53. The van der Waals surface area contributed by atoms with Gasteiger partial charge in [-0.3, -0.25) is 0 Å². The first-order valence-corrected chi connectivity index (χ1v) is 8.04. The largest absolute Gasteiger partial charge is 0.394 e. The fraction of sp³-hybridized carbons (Fsp3) is 1.00. The molecular formula is C15H30O6. The number of hydrogen-bond donors (Lipinski definition) is 4. The van der Waals surface area contributed by atoms with E-state index in [0.717, 1.165) is 19.3 Å². The van der Waals surface area contributed by atoms with Crippen molar-refractivity contribution in [2.45, 2.75) is 82.6 Å². The lowest BCUT2D eigenvalue weighted by molar-refractivity contribution is -0.296. The number of hydrogen-bond acceptors (Lipinski definition) is 6. The van der Waals surface area contributed by atoms with E-state index < -0.39 is 37.3 Å². The molecule has 4 N–H and O–H groups in total. The SMILES string of the molecule is CCCCCCCCCO[C@@H]1[C@@H](O)[C@H](O)[C@@H](CO)O[C@@H]1O. The van der Waals surface area contributed by atoms with Crippen LogP contribution in [0.15, 0.2) is 0 Å². The predicted molar refractivity (Wildman–Crippen MR) is 77.7 cm³/mol. The molecule has 0 radical (unpaired) electrons. The normalized spacial score (nSPS) is 33.3. The third-order valence-electron chi connectivity index (χ3n) is 3.90. The zero-order valence-corrected chi connectivity index (χ0v) is 12.9. The van der Waals surface area contributed by atoms with Crippen LogP contribution in [0.1, 0.15) is 51.9 Å². The lowest BCUT2D eigenvalue weighted by Crippen LogP contribution is -2.59. The molecule has 21 heavy (non-hydrogen) atoms. The molecule has 0 amide bonds. The molecule has 0 aromatic heterocycles. The van der Waals surface area contributed by atoms with Crippen LogP contribution in [0.2, 0.25) is 0 Å².